The lowest BCUT2D eigenvalue weighted by Gasteiger charge is -2.12. The second-order valence-electron chi connectivity index (χ2n) is 4.36. The molecule has 1 unspecified atom stereocenters. The highest BCUT2D eigenvalue weighted by Crippen LogP contribution is 2.18. The number of Topliss-reactive ketones (excluding diaryl/α,β-unsaturated/α-hetero) is 1. The predicted molar refractivity (Wildman–Crippen MR) is 62.5 cm³/mol. The summed E-state index contributed by atoms with van der Waals surface area (Å²) in [6.07, 6.45) is 9.80. The Labute approximate surface area is 89.3 Å². The van der Waals surface area contributed by atoms with Crippen LogP contribution in [-0.4, -0.2) is 5.78 Å². The molecule has 0 saturated carbocycles. The van der Waals surface area contributed by atoms with Crippen LogP contribution >= 0.6 is 0 Å². The van der Waals surface area contributed by atoms with Gasteiger partial charge in [0.2, 0.25) is 0 Å². The number of unbranched alkanes of at least 4 members (excludes halogenated alkanes) is 2. The van der Waals surface area contributed by atoms with Gasteiger partial charge in [-0.05, 0) is 19.3 Å². The second kappa shape index (κ2) is 9.23. The summed E-state index contributed by atoms with van der Waals surface area (Å²) in [6, 6.07) is 0. The number of rotatable bonds is 9. The molecule has 0 aromatic rings. The van der Waals surface area contributed by atoms with Gasteiger partial charge in [0.05, 0.1) is 0 Å². The Balaban J connectivity index is 3.28. The summed E-state index contributed by atoms with van der Waals surface area (Å²) in [4.78, 5) is 10.7. The highest BCUT2D eigenvalue weighted by atomic mass is 16.1. The molecule has 0 spiro atoms. The molecule has 0 aromatic carbocycles. The third-order valence-electron chi connectivity index (χ3n) is 2.92. The molecule has 0 aromatic heterocycles. The van der Waals surface area contributed by atoms with Gasteiger partial charge in [-0.15, -0.1) is 0 Å². The molecule has 0 heterocycles. The molecule has 0 amide bonds. The maximum atomic E-state index is 10.7. The van der Waals surface area contributed by atoms with Gasteiger partial charge in [0.1, 0.15) is 5.78 Å². The summed E-state index contributed by atoms with van der Waals surface area (Å²) in [5.74, 6) is 1.27. The Morgan fingerprint density at radius 3 is 2.29 bits per heavy atom. The molecular formula is C13H26O. The van der Waals surface area contributed by atoms with Crippen molar-refractivity contribution in [2.24, 2.45) is 5.92 Å². The quantitative estimate of drug-likeness (QED) is 0.503. The van der Waals surface area contributed by atoms with E-state index in [0.29, 0.717) is 5.78 Å². The van der Waals surface area contributed by atoms with Crippen molar-refractivity contribution in [3.8, 4) is 0 Å². The summed E-state index contributed by atoms with van der Waals surface area (Å²) in [7, 11) is 0. The topological polar surface area (TPSA) is 17.1 Å². The fourth-order valence-corrected chi connectivity index (χ4v) is 1.94. The third-order valence-corrected chi connectivity index (χ3v) is 2.92. The first-order valence-electron chi connectivity index (χ1n) is 6.20. The third kappa shape index (κ3) is 8.28. The minimum Gasteiger partial charge on any atom is -0.300 e. The zero-order chi connectivity index (χ0) is 10.8. The summed E-state index contributed by atoms with van der Waals surface area (Å²) in [5, 5.41) is 0. The van der Waals surface area contributed by atoms with E-state index in [2.05, 4.69) is 13.8 Å². The molecule has 0 aliphatic heterocycles. The zero-order valence-corrected chi connectivity index (χ0v) is 10.1. The molecule has 0 aliphatic carbocycles. The van der Waals surface area contributed by atoms with Crippen LogP contribution in [-0.2, 0) is 4.79 Å². The standard InChI is InChI=1S/C13H26O/c1-4-9-13(5-2)11-8-6-7-10-12(3)14/h13H,4-11H2,1-3H3. The first kappa shape index (κ1) is 13.7. The van der Waals surface area contributed by atoms with Crippen LogP contribution in [0.15, 0.2) is 0 Å². The maximum Gasteiger partial charge on any atom is 0.129 e. The van der Waals surface area contributed by atoms with Gasteiger partial charge >= 0.3 is 0 Å². The molecule has 0 aliphatic rings. The van der Waals surface area contributed by atoms with Crippen molar-refractivity contribution in [2.75, 3.05) is 0 Å². The van der Waals surface area contributed by atoms with E-state index in [4.69, 9.17) is 0 Å². The van der Waals surface area contributed by atoms with Crippen LogP contribution in [0.4, 0.5) is 0 Å². The van der Waals surface area contributed by atoms with E-state index < -0.39 is 0 Å². The molecular weight excluding hydrogens is 172 g/mol. The predicted octanol–water partition coefficient (Wildman–Crippen LogP) is 4.35. The smallest absolute Gasteiger partial charge is 0.129 e. The largest absolute Gasteiger partial charge is 0.300 e. The van der Waals surface area contributed by atoms with E-state index in [9.17, 15) is 4.79 Å². The molecule has 0 N–H and O–H groups in total. The minimum atomic E-state index is 0.339. The number of carbonyl (C=O) groups excluding carboxylic acids is 1. The second-order valence-corrected chi connectivity index (χ2v) is 4.36. The molecule has 0 rings (SSSR count). The van der Waals surface area contributed by atoms with Gasteiger partial charge < -0.3 is 4.79 Å². The van der Waals surface area contributed by atoms with Crippen molar-refractivity contribution in [1.29, 1.82) is 0 Å². The lowest BCUT2D eigenvalue weighted by atomic mass is 9.94. The lowest BCUT2D eigenvalue weighted by Crippen LogP contribution is -1.98. The van der Waals surface area contributed by atoms with Crippen LogP contribution in [0.2, 0.25) is 0 Å². The first-order valence-corrected chi connectivity index (χ1v) is 6.20. The highest BCUT2D eigenvalue weighted by molar-refractivity contribution is 5.75. The molecule has 0 fully saturated rings. The molecule has 14 heavy (non-hydrogen) atoms. The highest BCUT2D eigenvalue weighted by Gasteiger charge is 2.04. The molecule has 1 heteroatoms. The number of hydrogen-bond donors (Lipinski definition) is 0. The van der Waals surface area contributed by atoms with Crippen LogP contribution in [0, 0.1) is 5.92 Å². The molecule has 0 radical (unpaired) electrons. The van der Waals surface area contributed by atoms with Crippen molar-refractivity contribution in [3.05, 3.63) is 0 Å². The maximum absolute atomic E-state index is 10.7. The van der Waals surface area contributed by atoms with Crippen molar-refractivity contribution in [2.45, 2.75) is 72.1 Å². The van der Waals surface area contributed by atoms with E-state index in [1.54, 1.807) is 6.92 Å². The van der Waals surface area contributed by atoms with E-state index in [-0.39, 0.29) is 0 Å². The molecule has 0 bridgehead atoms. The van der Waals surface area contributed by atoms with Crippen LogP contribution in [0.1, 0.15) is 72.1 Å². The number of ketones is 1. The van der Waals surface area contributed by atoms with Gasteiger partial charge in [-0.3, -0.25) is 0 Å². The molecule has 1 nitrogen and oxygen atoms in total. The Bertz CT molecular complexity index is 140. The normalized spacial score (nSPS) is 12.8. The van der Waals surface area contributed by atoms with Gasteiger partial charge in [-0.2, -0.15) is 0 Å². The van der Waals surface area contributed by atoms with Crippen molar-refractivity contribution in [3.63, 3.8) is 0 Å². The van der Waals surface area contributed by atoms with Crippen LogP contribution < -0.4 is 0 Å². The number of hydrogen-bond acceptors (Lipinski definition) is 1. The summed E-state index contributed by atoms with van der Waals surface area (Å²) in [5.41, 5.74) is 0. The Kier molecular flexibility index (Phi) is 9.02. The monoisotopic (exact) mass is 198 g/mol. The Morgan fingerprint density at radius 1 is 1.07 bits per heavy atom. The molecule has 0 saturated heterocycles. The average molecular weight is 198 g/mol. The van der Waals surface area contributed by atoms with Gasteiger partial charge in [-0.25, -0.2) is 0 Å². The zero-order valence-electron chi connectivity index (χ0n) is 10.1. The van der Waals surface area contributed by atoms with Gasteiger partial charge in [-0.1, -0.05) is 52.4 Å². The van der Waals surface area contributed by atoms with Crippen LogP contribution in [0.25, 0.3) is 0 Å². The van der Waals surface area contributed by atoms with E-state index in [1.807, 2.05) is 0 Å². The fourth-order valence-electron chi connectivity index (χ4n) is 1.94. The fraction of sp³-hybridized carbons (Fsp3) is 0.923. The van der Waals surface area contributed by atoms with E-state index >= 15 is 0 Å². The first-order chi connectivity index (χ1) is 6.70. The van der Waals surface area contributed by atoms with Crippen LogP contribution in [0.5, 0.6) is 0 Å². The Hall–Kier alpha value is -0.330. The summed E-state index contributed by atoms with van der Waals surface area (Å²) < 4.78 is 0. The minimum absolute atomic E-state index is 0.339. The lowest BCUT2D eigenvalue weighted by molar-refractivity contribution is -0.117. The molecule has 84 valence electrons. The average Bonchev–Trinajstić information content (AvgIpc) is 2.15. The van der Waals surface area contributed by atoms with Gasteiger partial charge in [0, 0.05) is 6.42 Å². The van der Waals surface area contributed by atoms with Gasteiger partial charge in [0.15, 0.2) is 0 Å². The van der Waals surface area contributed by atoms with E-state index in [1.165, 1.54) is 38.5 Å². The number of carbonyl (C=O) groups is 1. The van der Waals surface area contributed by atoms with Crippen molar-refractivity contribution >= 4 is 5.78 Å². The van der Waals surface area contributed by atoms with Crippen molar-refractivity contribution in [1.82, 2.24) is 0 Å². The molecule has 1 atom stereocenters. The Morgan fingerprint density at radius 2 is 1.79 bits per heavy atom. The van der Waals surface area contributed by atoms with Gasteiger partial charge in [0.25, 0.3) is 0 Å². The van der Waals surface area contributed by atoms with E-state index in [0.717, 1.165) is 18.8 Å². The summed E-state index contributed by atoms with van der Waals surface area (Å²) >= 11 is 0. The summed E-state index contributed by atoms with van der Waals surface area (Å²) in [6.45, 7) is 6.24. The van der Waals surface area contributed by atoms with Crippen LogP contribution in [0.3, 0.4) is 0 Å². The van der Waals surface area contributed by atoms with Crippen molar-refractivity contribution < 1.29 is 4.79 Å². The SMILES string of the molecule is CCCC(CC)CCCCCC(C)=O.